The van der Waals surface area contributed by atoms with Crippen molar-refractivity contribution in [2.24, 2.45) is 0 Å². The van der Waals surface area contributed by atoms with Crippen molar-refractivity contribution in [3.63, 3.8) is 0 Å². The first-order valence-corrected chi connectivity index (χ1v) is 11.0. The van der Waals surface area contributed by atoms with Gasteiger partial charge >= 0.3 is 0 Å². The molecule has 0 aliphatic heterocycles. The van der Waals surface area contributed by atoms with Crippen LogP contribution in [0.15, 0.2) is 109 Å². The number of aryl methyl sites for hydroxylation is 1. The Balaban J connectivity index is 1.56. The number of fused-ring (bicyclic) bond motifs is 2. The zero-order valence-electron chi connectivity index (χ0n) is 18.2. The molecule has 3 aromatic heterocycles. The van der Waals surface area contributed by atoms with Gasteiger partial charge in [-0.2, -0.15) is 0 Å². The standard InChI is InChI=1S/C30H21N3/c1-20-10-12-21(13-11-20)24-18-29(27-16-14-22-6-2-4-8-25(22)31-27)33-30(19-24)28-17-15-23-7-3-5-9-26(23)32-28/h2-19H,1H3. The highest BCUT2D eigenvalue weighted by atomic mass is 14.8. The summed E-state index contributed by atoms with van der Waals surface area (Å²) in [7, 11) is 0. The average Bonchev–Trinajstić information content (AvgIpc) is 2.88. The fourth-order valence-corrected chi connectivity index (χ4v) is 4.12. The van der Waals surface area contributed by atoms with Crippen molar-refractivity contribution in [2.75, 3.05) is 0 Å². The maximum Gasteiger partial charge on any atom is 0.0900 e. The molecule has 6 rings (SSSR count). The van der Waals surface area contributed by atoms with Gasteiger partial charge in [-0.05, 0) is 54.4 Å². The van der Waals surface area contributed by atoms with Crippen LogP contribution in [0.3, 0.4) is 0 Å². The number of hydrogen-bond acceptors (Lipinski definition) is 3. The van der Waals surface area contributed by atoms with Crippen LogP contribution in [0.5, 0.6) is 0 Å². The summed E-state index contributed by atoms with van der Waals surface area (Å²) in [6, 6.07) is 37.4. The van der Waals surface area contributed by atoms with E-state index in [2.05, 4.69) is 67.6 Å². The third-order valence-electron chi connectivity index (χ3n) is 5.93. The minimum absolute atomic E-state index is 0.837. The van der Waals surface area contributed by atoms with E-state index in [0.717, 1.165) is 55.7 Å². The van der Waals surface area contributed by atoms with E-state index in [1.165, 1.54) is 5.56 Å². The van der Waals surface area contributed by atoms with Crippen molar-refractivity contribution in [1.29, 1.82) is 0 Å². The largest absolute Gasteiger partial charge is 0.246 e. The van der Waals surface area contributed by atoms with Crippen molar-refractivity contribution in [3.05, 3.63) is 115 Å². The second-order valence-electron chi connectivity index (χ2n) is 8.27. The third kappa shape index (κ3) is 3.74. The Morgan fingerprint density at radius 1 is 0.424 bits per heavy atom. The monoisotopic (exact) mass is 423 g/mol. The Morgan fingerprint density at radius 2 is 0.939 bits per heavy atom. The number of pyridine rings is 3. The van der Waals surface area contributed by atoms with Gasteiger partial charge in [0.05, 0.1) is 33.8 Å². The van der Waals surface area contributed by atoms with E-state index < -0.39 is 0 Å². The van der Waals surface area contributed by atoms with Gasteiger partial charge in [-0.3, -0.25) is 0 Å². The van der Waals surface area contributed by atoms with Crippen molar-refractivity contribution >= 4 is 21.8 Å². The first-order chi connectivity index (χ1) is 16.2. The molecule has 0 radical (unpaired) electrons. The maximum atomic E-state index is 5.01. The zero-order chi connectivity index (χ0) is 22.2. The van der Waals surface area contributed by atoms with Gasteiger partial charge in [0.1, 0.15) is 0 Å². The van der Waals surface area contributed by atoms with Crippen LogP contribution in [0.4, 0.5) is 0 Å². The van der Waals surface area contributed by atoms with Gasteiger partial charge in [-0.25, -0.2) is 15.0 Å². The molecule has 3 heterocycles. The Labute approximate surface area is 192 Å². The van der Waals surface area contributed by atoms with E-state index in [1.54, 1.807) is 0 Å². The molecule has 3 aromatic carbocycles. The summed E-state index contributed by atoms with van der Waals surface area (Å²) in [5.41, 5.74) is 8.78. The lowest BCUT2D eigenvalue weighted by atomic mass is 10.0. The Bertz CT molecular complexity index is 1520. The van der Waals surface area contributed by atoms with E-state index in [-0.39, 0.29) is 0 Å². The molecule has 0 bridgehead atoms. The van der Waals surface area contributed by atoms with Gasteiger partial charge < -0.3 is 0 Å². The lowest BCUT2D eigenvalue weighted by Gasteiger charge is -2.11. The van der Waals surface area contributed by atoms with Crippen LogP contribution in [0.25, 0.3) is 55.7 Å². The fraction of sp³-hybridized carbons (Fsp3) is 0.0333. The summed E-state index contributed by atoms with van der Waals surface area (Å²) in [6.07, 6.45) is 0. The van der Waals surface area contributed by atoms with E-state index in [0.29, 0.717) is 0 Å². The second kappa shape index (κ2) is 7.95. The molecule has 0 unspecified atom stereocenters. The van der Waals surface area contributed by atoms with Crippen LogP contribution in [0.2, 0.25) is 0 Å². The highest BCUT2D eigenvalue weighted by molar-refractivity contribution is 5.84. The summed E-state index contributed by atoms with van der Waals surface area (Å²) in [5.74, 6) is 0. The van der Waals surface area contributed by atoms with Gasteiger partial charge in [0, 0.05) is 10.8 Å². The topological polar surface area (TPSA) is 38.7 Å². The van der Waals surface area contributed by atoms with Gasteiger partial charge in [-0.15, -0.1) is 0 Å². The van der Waals surface area contributed by atoms with Gasteiger partial charge in [-0.1, -0.05) is 78.4 Å². The first kappa shape index (κ1) is 19.3. The van der Waals surface area contributed by atoms with E-state index in [9.17, 15) is 0 Å². The van der Waals surface area contributed by atoms with Crippen LogP contribution in [-0.2, 0) is 0 Å². The molecule has 3 nitrogen and oxygen atoms in total. The van der Waals surface area contributed by atoms with Gasteiger partial charge in [0.2, 0.25) is 0 Å². The molecule has 33 heavy (non-hydrogen) atoms. The minimum atomic E-state index is 0.837. The van der Waals surface area contributed by atoms with Crippen LogP contribution in [-0.4, -0.2) is 15.0 Å². The summed E-state index contributed by atoms with van der Waals surface area (Å²) >= 11 is 0. The molecule has 0 saturated heterocycles. The van der Waals surface area contributed by atoms with Crippen molar-refractivity contribution in [3.8, 4) is 33.9 Å². The third-order valence-corrected chi connectivity index (χ3v) is 5.93. The quantitative estimate of drug-likeness (QED) is 0.296. The number of rotatable bonds is 3. The maximum absolute atomic E-state index is 5.01. The number of nitrogens with zero attached hydrogens (tertiary/aromatic N) is 3. The molecular formula is C30H21N3. The number of benzene rings is 3. The second-order valence-corrected chi connectivity index (χ2v) is 8.27. The summed E-state index contributed by atoms with van der Waals surface area (Å²) < 4.78 is 0. The molecular weight excluding hydrogens is 402 g/mol. The highest BCUT2D eigenvalue weighted by Gasteiger charge is 2.12. The van der Waals surface area contributed by atoms with Gasteiger partial charge in [0.25, 0.3) is 0 Å². The first-order valence-electron chi connectivity index (χ1n) is 11.0. The van der Waals surface area contributed by atoms with Gasteiger partial charge in [0.15, 0.2) is 0 Å². The normalized spacial score (nSPS) is 11.2. The molecule has 0 fully saturated rings. The molecule has 3 heteroatoms. The van der Waals surface area contributed by atoms with E-state index in [1.807, 2.05) is 48.5 Å². The lowest BCUT2D eigenvalue weighted by Crippen LogP contribution is -1.95. The van der Waals surface area contributed by atoms with Crippen LogP contribution in [0.1, 0.15) is 5.56 Å². The Kier molecular flexibility index (Phi) is 4.66. The number of aromatic nitrogens is 3. The van der Waals surface area contributed by atoms with Crippen molar-refractivity contribution in [1.82, 2.24) is 15.0 Å². The fourth-order valence-electron chi connectivity index (χ4n) is 4.12. The zero-order valence-corrected chi connectivity index (χ0v) is 18.2. The van der Waals surface area contributed by atoms with Crippen LogP contribution in [0, 0.1) is 6.92 Å². The molecule has 0 aliphatic rings. The predicted octanol–water partition coefficient (Wildman–Crippen LogP) is 7.49. The summed E-state index contributed by atoms with van der Waals surface area (Å²) in [4.78, 5) is 14.8. The molecule has 0 aliphatic carbocycles. The summed E-state index contributed by atoms with van der Waals surface area (Å²) in [5, 5.41) is 2.24. The predicted molar refractivity (Wildman–Crippen MR) is 136 cm³/mol. The molecule has 0 atom stereocenters. The highest BCUT2D eigenvalue weighted by Crippen LogP contribution is 2.30. The van der Waals surface area contributed by atoms with E-state index in [4.69, 9.17) is 15.0 Å². The average molecular weight is 424 g/mol. The van der Waals surface area contributed by atoms with Crippen LogP contribution < -0.4 is 0 Å². The smallest absolute Gasteiger partial charge is 0.0900 e. The Hall–Kier alpha value is -4.37. The number of para-hydroxylation sites is 2. The van der Waals surface area contributed by atoms with E-state index >= 15 is 0 Å². The molecule has 156 valence electrons. The SMILES string of the molecule is Cc1ccc(-c2cc(-c3ccc4ccccc4n3)nc(-c3ccc4ccccc4n3)c2)cc1. The van der Waals surface area contributed by atoms with Crippen molar-refractivity contribution in [2.45, 2.75) is 6.92 Å². The molecule has 0 saturated carbocycles. The van der Waals surface area contributed by atoms with Crippen molar-refractivity contribution < 1.29 is 0 Å². The molecule has 0 N–H and O–H groups in total. The Morgan fingerprint density at radius 3 is 1.48 bits per heavy atom. The number of hydrogen-bond donors (Lipinski definition) is 0. The lowest BCUT2D eigenvalue weighted by molar-refractivity contribution is 1.25. The minimum Gasteiger partial charge on any atom is -0.246 e. The molecule has 0 amide bonds. The molecule has 0 spiro atoms. The molecule has 6 aromatic rings. The van der Waals surface area contributed by atoms with Crippen LogP contribution >= 0.6 is 0 Å². The summed E-state index contributed by atoms with van der Waals surface area (Å²) in [6.45, 7) is 2.10.